The zero-order chi connectivity index (χ0) is 12.9. The van der Waals surface area contributed by atoms with Crippen LogP contribution in [0.25, 0.3) is 10.8 Å². The van der Waals surface area contributed by atoms with Crippen LogP contribution in [0.15, 0.2) is 6.07 Å². The summed E-state index contributed by atoms with van der Waals surface area (Å²) >= 11 is 0. The molecule has 0 aliphatic carbocycles. The van der Waals surface area contributed by atoms with Crippen LogP contribution in [0.5, 0.6) is 0 Å². The van der Waals surface area contributed by atoms with E-state index in [1.165, 1.54) is 0 Å². The maximum absolute atomic E-state index is 5.87. The number of rotatable bonds is 0. The molecule has 0 bridgehead atoms. The summed E-state index contributed by atoms with van der Waals surface area (Å²) in [6.45, 7) is 0. The molecule has 0 unspecified atom stereocenters. The van der Waals surface area contributed by atoms with E-state index in [4.69, 9.17) is 50.7 Å². The SMILES string of the molecule is [B]c1cc2c(N)c([B])c([B])c(N)c2c([B])c1[B]. The van der Waals surface area contributed by atoms with E-state index < -0.39 is 0 Å². The number of nitrogens with two attached hydrogens (primary N) is 2. The molecule has 0 aliphatic heterocycles. The molecule has 10 radical (unpaired) electrons. The van der Waals surface area contributed by atoms with Gasteiger partial charge in [0.25, 0.3) is 0 Å². The minimum Gasteiger partial charge on any atom is -0.399 e. The van der Waals surface area contributed by atoms with Crippen LogP contribution in [0.1, 0.15) is 0 Å². The first-order valence-electron chi connectivity index (χ1n) is 4.85. The molecule has 7 heteroatoms. The lowest BCUT2D eigenvalue weighted by molar-refractivity contribution is 1.84. The first kappa shape index (κ1) is 12.1. The van der Waals surface area contributed by atoms with Gasteiger partial charge < -0.3 is 11.5 Å². The van der Waals surface area contributed by atoms with E-state index in [1.807, 2.05) is 0 Å². The van der Waals surface area contributed by atoms with Gasteiger partial charge in [0, 0.05) is 16.8 Å². The number of hydrogen-bond acceptors (Lipinski definition) is 2. The van der Waals surface area contributed by atoms with E-state index >= 15 is 0 Å². The first-order chi connectivity index (χ1) is 7.86. The second-order valence-electron chi connectivity index (χ2n) is 3.87. The lowest BCUT2D eigenvalue weighted by atomic mass is 9.67. The van der Waals surface area contributed by atoms with Crippen LogP contribution >= 0.6 is 0 Å². The van der Waals surface area contributed by atoms with Crippen LogP contribution in [0.2, 0.25) is 0 Å². The smallest absolute Gasteiger partial charge is 0.115 e. The molecule has 70 valence electrons. The van der Waals surface area contributed by atoms with E-state index in [0.29, 0.717) is 21.9 Å². The highest BCUT2D eigenvalue weighted by molar-refractivity contribution is 6.63. The minimum atomic E-state index is 0.200. The second kappa shape index (κ2) is 3.83. The van der Waals surface area contributed by atoms with Crippen molar-refractivity contribution in [3.63, 3.8) is 0 Å². The van der Waals surface area contributed by atoms with Gasteiger partial charge in [-0.05, 0) is 5.39 Å². The molecule has 2 aromatic rings. The van der Waals surface area contributed by atoms with Gasteiger partial charge in [0.05, 0.1) is 0 Å². The summed E-state index contributed by atoms with van der Waals surface area (Å²) in [6.07, 6.45) is 0. The minimum absolute atomic E-state index is 0.200. The Balaban J connectivity index is 3.12. The number of benzene rings is 2. The summed E-state index contributed by atoms with van der Waals surface area (Å²) in [5.74, 6) is 0. The average molecular weight is 207 g/mol. The van der Waals surface area contributed by atoms with Crippen molar-refractivity contribution in [3.8, 4) is 0 Å². The van der Waals surface area contributed by atoms with E-state index in [1.54, 1.807) is 6.07 Å². The van der Waals surface area contributed by atoms with Gasteiger partial charge >= 0.3 is 0 Å². The monoisotopic (exact) mass is 208 g/mol. The van der Waals surface area contributed by atoms with Crippen molar-refractivity contribution >= 4 is 88.7 Å². The third kappa shape index (κ3) is 1.56. The predicted molar refractivity (Wildman–Crippen MR) is 79.7 cm³/mol. The van der Waals surface area contributed by atoms with Gasteiger partial charge in [-0.15, -0.1) is 10.9 Å². The zero-order valence-corrected chi connectivity index (χ0v) is 9.12. The predicted octanol–water partition coefficient (Wildman–Crippen LogP) is -4.03. The maximum Gasteiger partial charge on any atom is 0.115 e. The van der Waals surface area contributed by atoms with Crippen molar-refractivity contribution in [3.05, 3.63) is 6.07 Å². The number of hydrogen-bond donors (Lipinski definition) is 2. The topological polar surface area (TPSA) is 52.0 Å². The van der Waals surface area contributed by atoms with E-state index in [2.05, 4.69) is 0 Å². The second-order valence-corrected chi connectivity index (χ2v) is 3.87. The van der Waals surface area contributed by atoms with Gasteiger partial charge in [-0.1, -0.05) is 22.5 Å². The number of fused-ring (bicyclic) bond motifs is 1. The normalized spacial score (nSPS) is 10.8. The number of nitrogen functional groups attached to an aromatic ring is 2. The van der Waals surface area contributed by atoms with E-state index in [-0.39, 0.29) is 27.5 Å². The van der Waals surface area contributed by atoms with Crippen molar-refractivity contribution in [2.75, 3.05) is 11.5 Å². The van der Waals surface area contributed by atoms with Gasteiger partial charge in [-0.25, -0.2) is 0 Å². The summed E-state index contributed by atoms with van der Waals surface area (Å²) < 4.78 is 0. The molecule has 0 atom stereocenters. The Labute approximate surface area is 107 Å². The summed E-state index contributed by atoms with van der Waals surface area (Å²) in [7, 11) is 28.8. The summed E-state index contributed by atoms with van der Waals surface area (Å²) in [5.41, 5.74) is 13.6. The van der Waals surface area contributed by atoms with Crippen LogP contribution < -0.4 is 38.8 Å². The molecular weight excluding hydrogens is 202 g/mol. The lowest BCUT2D eigenvalue weighted by Gasteiger charge is -2.19. The summed E-state index contributed by atoms with van der Waals surface area (Å²) in [5, 5.41) is 1.04. The Morgan fingerprint density at radius 2 is 1.24 bits per heavy atom. The molecule has 0 spiro atoms. The third-order valence-corrected chi connectivity index (χ3v) is 2.87. The molecule has 17 heavy (non-hydrogen) atoms. The fourth-order valence-corrected chi connectivity index (χ4v) is 1.81. The highest BCUT2D eigenvalue weighted by Crippen LogP contribution is 2.19. The Morgan fingerprint density at radius 3 is 1.82 bits per heavy atom. The molecule has 0 heterocycles. The quantitative estimate of drug-likeness (QED) is 0.341. The van der Waals surface area contributed by atoms with Gasteiger partial charge in [0.1, 0.15) is 39.2 Å². The van der Waals surface area contributed by atoms with Crippen molar-refractivity contribution < 1.29 is 0 Å². The molecule has 0 fully saturated rings. The van der Waals surface area contributed by atoms with Gasteiger partial charge in [-0.2, -0.15) is 0 Å². The van der Waals surface area contributed by atoms with E-state index in [0.717, 1.165) is 0 Å². The van der Waals surface area contributed by atoms with Crippen LogP contribution in [0.4, 0.5) is 11.4 Å². The molecule has 0 aromatic heterocycles. The highest BCUT2D eigenvalue weighted by atomic mass is 14.6. The first-order valence-corrected chi connectivity index (χ1v) is 4.85. The Bertz CT molecular complexity index is 631. The largest absolute Gasteiger partial charge is 0.399 e. The van der Waals surface area contributed by atoms with Crippen LogP contribution in [-0.2, 0) is 0 Å². The molecule has 4 N–H and O–H groups in total. The van der Waals surface area contributed by atoms with Crippen LogP contribution in [0.3, 0.4) is 0 Å². The van der Waals surface area contributed by atoms with Crippen LogP contribution in [-0.4, -0.2) is 39.2 Å². The van der Waals surface area contributed by atoms with Crippen molar-refractivity contribution in [1.82, 2.24) is 0 Å². The highest BCUT2D eigenvalue weighted by Gasteiger charge is 2.12. The summed E-state index contributed by atoms with van der Waals surface area (Å²) in [4.78, 5) is 0. The molecule has 2 rings (SSSR count). The molecule has 0 saturated heterocycles. The molecule has 0 amide bonds. The van der Waals surface area contributed by atoms with Gasteiger partial charge in [0.15, 0.2) is 0 Å². The van der Waals surface area contributed by atoms with Crippen molar-refractivity contribution in [2.24, 2.45) is 0 Å². The maximum atomic E-state index is 5.87. The Kier molecular flexibility index (Phi) is 2.72. The molecule has 2 aromatic carbocycles. The molecule has 2 nitrogen and oxygen atoms in total. The molecular formula is C10H5B5N2. The molecule has 0 saturated carbocycles. The fourth-order valence-electron chi connectivity index (χ4n) is 1.81. The van der Waals surface area contributed by atoms with Crippen molar-refractivity contribution in [1.29, 1.82) is 0 Å². The van der Waals surface area contributed by atoms with Gasteiger partial charge in [-0.3, -0.25) is 0 Å². The third-order valence-electron chi connectivity index (χ3n) is 2.87. The van der Waals surface area contributed by atoms with Crippen LogP contribution in [0, 0.1) is 0 Å². The van der Waals surface area contributed by atoms with Gasteiger partial charge in [0.2, 0.25) is 0 Å². The number of anilines is 2. The summed E-state index contributed by atoms with van der Waals surface area (Å²) in [6, 6.07) is 1.59. The fraction of sp³-hybridized carbons (Fsp3) is 0. The lowest BCUT2D eigenvalue weighted by Crippen LogP contribution is -2.41. The Morgan fingerprint density at radius 1 is 0.706 bits per heavy atom. The Hall–Kier alpha value is -1.38. The zero-order valence-electron chi connectivity index (χ0n) is 9.12. The standard InChI is InChI=1S/C10H5B5N2/c11-3-1-2-4(6(13)5(3)12)10(17)8(15)7(14)9(2)16/h1H,16-17H2. The molecule has 0 aliphatic rings. The van der Waals surface area contributed by atoms with E-state index in [9.17, 15) is 0 Å². The average Bonchev–Trinajstić information content (AvgIpc) is 2.30. The van der Waals surface area contributed by atoms with Crippen molar-refractivity contribution in [2.45, 2.75) is 0 Å².